The number of halogens is 2. The van der Waals surface area contributed by atoms with Crippen molar-refractivity contribution < 1.29 is 3.63 Å². The van der Waals surface area contributed by atoms with Gasteiger partial charge in [-0.15, -0.1) is 22.7 Å². The van der Waals surface area contributed by atoms with Crippen molar-refractivity contribution in [1.82, 2.24) is 9.97 Å². The van der Waals surface area contributed by atoms with E-state index in [0.29, 0.717) is 10.0 Å². The molecule has 0 unspecified atom stereocenters. The van der Waals surface area contributed by atoms with Gasteiger partial charge in [-0.3, -0.25) is 0 Å². The standard InChI is InChI=1S/C14H6Cl2N2OS4/c15-7-1-3-9-11(5-7)20-13(17-9)22-19-23-14-18-10-4-2-8(16)6-12(10)21-14/h1-6H. The van der Waals surface area contributed by atoms with Crippen molar-refractivity contribution in [3.05, 3.63) is 46.4 Å². The molecular weight excluding hydrogens is 411 g/mol. The molecule has 0 saturated carbocycles. The van der Waals surface area contributed by atoms with Gasteiger partial charge in [0.25, 0.3) is 0 Å². The van der Waals surface area contributed by atoms with Gasteiger partial charge in [0.15, 0.2) is 8.68 Å². The molecule has 4 rings (SSSR count). The number of nitrogens with zero attached hydrogens (tertiary/aromatic N) is 2. The second-order valence-corrected chi connectivity index (χ2v) is 9.52. The fraction of sp³-hybridized carbons (Fsp3) is 0. The monoisotopic (exact) mass is 416 g/mol. The fourth-order valence-corrected chi connectivity index (χ4v) is 6.03. The Kier molecular flexibility index (Phi) is 4.69. The van der Waals surface area contributed by atoms with Crippen LogP contribution in [0, 0.1) is 0 Å². The molecule has 0 bridgehead atoms. The molecule has 116 valence electrons. The average molecular weight is 417 g/mol. The van der Waals surface area contributed by atoms with Crippen molar-refractivity contribution in [1.29, 1.82) is 0 Å². The van der Waals surface area contributed by atoms with E-state index in [4.69, 9.17) is 26.8 Å². The van der Waals surface area contributed by atoms with Crippen LogP contribution in [0.3, 0.4) is 0 Å². The van der Waals surface area contributed by atoms with Crippen molar-refractivity contribution in [2.24, 2.45) is 0 Å². The second kappa shape index (κ2) is 6.76. The van der Waals surface area contributed by atoms with Gasteiger partial charge in [0.1, 0.15) is 0 Å². The quantitative estimate of drug-likeness (QED) is 0.336. The lowest BCUT2D eigenvalue weighted by molar-refractivity contribution is 0.755. The Bertz CT molecular complexity index is 921. The summed E-state index contributed by atoms with van der Waals surface area (Å²) in [7, 11) is 0. The molecule has 2 aromatic carbocycles. The maximum atomic E-state index is 5.98. The Balaban J connectivity index is 1.45. The molecule has 0 fully saturated rings. The third-order valence-electron chi connectivity index (χ3n) is 2.87. The van der Waals surface area contributed by atoms with Crippen molar-refractivity contribution in [3.63, 3.8) is 0 Å². The number of hydrogen-bond donors (Lipinski definition) is 0. The number of hydrogen-bond acceptors (Lipinski definition) is 7. The van der Waals surface area contributed by atoms with E-state index < -0.39 is 0 Å². The van der Waals surface area contributed by atoms with Crippen LogP contribution in [-0.2, 0) is 3.63 Å². The molecule has 0 aliphatic heterocycles. The van der Waals surface area contributed by atoms with Crippen LogP contribution in [0.25, 0.3) is 20.4 Å². The Labute approximate surface area is 158 Å². The lowest BCUT2D eigenvalue weighted by atomic mass is 10.3. The predicted molar refractivity (Wildman–Crippen MR) is 102 cm³/mol. The fourth-order valence-electron chi connectivity index (χ4n) is 1.90. The first-order valence-electron chi connectivity index (χ1n) is 6.31. The molecule has 0 atom stereocenters. The van der Waals surface area contributed by atoms with E-state index in [9.17, 15) is 0 Å². The highest BCUT2D eigenvalue weighted by atomic mass is 35.5. The minimum Gasteiger partial charge on any atom is -0.232 e. The van der Waals surface area contributed by atoms with Gasteiger partial charge in [-0.05, 0) is 36.4 Å². The number of benzene rings is 2. The number of rotatable bonds is 4. The Morgan fingerprint density at radius 2 is 1.26 bits per heavy atom. The molecule has 2 aromatic heterocycles. The highest BCUT2D eigenvalue weighted by Crippen LogP contribution is 2.38. The summed E-state index contributed by atoms with van der Waals surface area (Å²) in [4.78, 5) is 8.98. The summed E-state index contributed by atoms with van der Waals surface area (Å²) >= 11 is 17.5. The Hall–Kier alpha value is -0.540. The largest absolute Gasteiger partial charge is 0.232 e. The van der Waals surface area contributed by atoms with E-state index in [0.717, 1.165) is 29.1 Å². The highest BCUT2D eigenvalue weighted by Gasteiger charge is 2.09. The van der Waals surface area contributed by atoms with Gasteiger partial charge in [0.05, 0.1) is 44.5 Å². The molecule has 0 spiro atoms. The third kappa shape index (κ3) is 3.61. The molecule has 4 aromatic rings. The number of aromatic nitrogens is 2. The summed E-state index contributed by atoms with van der Waals surface area (Å²) in [5.74, 6) is 0. The molecule has 2 heterocycles. The maximum absolute atomic E-state index is 5.98. The van der Waals surface area contributed by atoms with Crippen LogP contribution in [0.4, 0.5) is 0 Å². The SMILES string of the molecule is Clc1ccc2nc(SOSc3nc4ccc(Cl)cc4s3)sc2c1. The molecule has 23 heavy (non-hydrogen) atoms. The normalized spacial score (nSPS) is 11.6. The molecule has 9 heteroatoms. The molecule has 0 aliphatic carbocycles. The topological polar surface area (TPSA) is 35.0 Å². The maximum Gasteiger partial charge on any atom is 0.179 e. The Morgan fingerprint density at radius 1 is 0.783 bits per heavy atom. The smallest absolute Gasteiger partial charge is 0.179 e. The summed E-state index contributed by atoms with van der Waals surface area (Å²) in [5.41, 5.74) is 1.84. The molecule has 0 radical (unpaired) electrons. The van der Waals surface area contributed by atoms with Gasteiger partial charge in [0.2, 0.25) is 0 Å². The zero-order valence-electron chi connectivity index (χ0n) is 11.2. The van der Waals surface area contributed by atoms with Crippen LogP contribution in [0.5, 0.6) is 0 Å². The van der Waals surface area contributed by atoms with Crippen LogP contribution in [0.1, 0.15) is 0 Å². The zero-order chi connectivity index (χ0) is 15.8. The van der Waals surface area contributed by atoms with Crippen LogP contribution in [0.15, 0.2) is 45.1 Å². The van der Waals surface area contributed by atoms with Crippen molar-refractivity contribution in [2.45, 2.75) is 8.68 Å². The van der Waals surface area contributed by atoms with Crippen LogP contribution < -0.4 is 0 Å². The first-order valence-corrected chi connectivity index (χ1v) is 10.2. The first-order chi connectivity index (χ1) is 11.2. The van der Waals surface area contributed by atoms with Crippen LogP contribution >= 0.6 is 70.0 Å². The van der Waals surface area contributed by atoms with Gasteiger partial charge < -0.3 is 0 Å². The van der Waals surface area contributed by atoms with Crippen LogP contribution in [-0.4, -0.2) is 9.97 Å². The summed E-state index contributed by atoms with van der Waals surface area (Å²) < 4.78 is 9.34. The van der Waals surface area contributed by atoms with Gasteiger partial charge >= 0.3 is 0 Å². The van der Waals surface area contributed by atoms with E-state index in [1.807, 2.05) is 36.4 Å². The summed E-state index contributed by atoms with van der Waals surface area (Å²) in [5, 5.41) is 1.42. The molecule has 3 nitrogen and oxygen atoms in total. The molecule has 0 saturated heterocycles. The van der Waals surface area contributed by atoms with Gasteiger partial charge in [-0.1, -0.05) is 23.2 Å². The van der Waals surface area contributed by atoms with Gasteiger partial charge in [-0.2, -0.15) is 0 Å². The zero-order valence-corrected chi connectivity index (χ0v) is 15.9. The van der Waals surface area contributed by atoms with E-state index in [2.05, 4.69) is 9.97 Å². The van der Waals surface area contributed by atoms with Gasteiger partial charge in [-0.25, -0.2) is 13.6 Å². The Morgan fingerprint density at radius 3 is 1.74 bits per heavy atom. The minimum absolute atomic E-state index is 0.709. The first kappa shape index (κ1) is 16.0. The summed E-state index contributed by atoms with van der Waals surface area (Å²) in [6.07, 6.45) is 0. The highest BCUT2D eigenvalue weighted by molar-refractivity contribution is 8.09. The van der Waals surface area contributed by atoms with E-state index in [1.165, 1.54) is 24.1 Å². The lowest BCUT2D eigenvalue weighted by Crippen LogP contribution is -1.71. The van der Waals surface area contributed by atoms with E-state index in [-0.39, 0.29) is 0 Å². The molecule has 0 amide bonds. The average Bonchev–Trinajstić information content (AvgIpc) is 3.09. The lowest BCUT2D eigenvalue weighted by Gasteiger charge is -1.93. The number of thiazole rings is 2. The summed E-state index contributed by atoms with van der Waals surface area (Å²) in [6.45, 7) is 0. The predicted octanol–water partition coefficient (Wildman–Crippen LogP) is 6.94. The van der Waals surface area contributed by atoms with Crippen molar-refractivity contribution in [2.75, 3.05) is 0 Å². The second-order valence-electron chi connectivity index (χ2n) is 4.42. The minimum atomic E-state index is 0.709. The van der Waals surface area contributed by atoms with Gasteiger partial charge in [0, 0.05) is 10.0 Å². The van der Waals surface area contributed by atoms with E-state index in [1.54, 1.807) is 22.7 Å². The van der Waals surface area contributed by atoms with E-state index >= 15 is 0 Å². The molecule has 0 aliphatic rings. The van der Waals surface area contributed by atoms with Crippen molar-refractivity contribution in [3.8, 4) is 0 Å². The summed E-state index contributed by atoms with van der Waals surface area (Å²) in [6, 6.07) is 11.3. The number of fused-ring (bicyclic) bond motifs is 2. The molecule has 0 N–H and O–H groups in total. The third-order valence-corrected chi connectivity index (χ3v) is 6.89. The van der Waals surface area contributed by atoms with Crippen LogP contribution in [0.2, 0.25) is 10.0 Å². The molecular formula is C14H6Cl2N2OS4. The van der Waals surface area contributed by atoms with Crippen molar-refractivity contribution >= 4 is 90.4 Å².